The lowest BCUT2D eigenvalue weighted by molar-refractivity contribution is -0.141. The summed E-state index contributed by atoms with van der Waals surface area (Å²) in [6, 6.07) is -0.655. The van der Waals surface area contributed by atoms with Crippen LogP contribution < -0.4 is 5.32 Å². The smallest absolute Gasteiger partial charge is 0.327 e. The van der Waals surface area contributed by atoms with Crippen molar-refractivity contribution < 1.29 is 14.7 Å². The summed E-state index contributed by atoms with van der Waals surface area (Å²) in [6.07, 6.45) is 4.37. The first kappa shape index (κ1) is 15.0. The van der Waals surface area contributed by atoms with Gasteiger partial charge >= 0.3 is 12.0 Å². The van der Waals surface area contributed by atoms with Gasteiger partial charge < -0.3 is 10.4 Å². The minimum atomic E-state index is -0.881. The van der Waals surface area contributed by atoms with E-state index in [1.165, 1.54) is 0 Å². The van der Waals surface area contributed by atoms with E-state index in [-0.39, 0.29) is 17.4 Å². The highest BCUT2D eigenvalue weighted by Gasteiger charge is 2.48. The van der Waals surface area contributed by atoms with E-state index in [2.05, 4.69) is 19.2 Å². The Labute approximate surface area is 129 Å². The molecule has 5 nitrogen and oxygen atoms in total. The van der Waals surface area contributed by atoms with Crippen molar-refractivity contribution in [1.82, 2.24) is 10.2 Å². The predicted octanol–water partition coefficient (Wildman–Crippen LogP) is 2.37. The Morgan fingerprint density at radius 3 is 2.43 bits per heavy atom. The van der Waals surface area contributed by atoms with Gasteiger partial charge in [-0.3, -0.25) is 4.90 Å². The summed E-state index contributed by atoms with van der Waals surface area (Å²) in [5.41, 5.74) is 0. The van der Waals surface area contributed by atoms with Gasteiger partial charge in [0.1, 0.15) is 6.04 Å². The molecule has 1 saturated heterocycles. The number of hydrogen-bond donors (Lipinski definition) is 2. The topological polar surface area (TPSA) is 69.6 Å². The Hall–Kier alpha value is -0.910. The summed E-state index contributed by atoms with van der Waals surface area (Å²) in [6.45, 7) is 4.39. The average Bonchev–Trinajstić information content (AvgIpc) is 3.11. The second-order valence-electron chi connectivity index (χ2n) is 6.79. The van der Waals surface area contributed by atoms with E-state index < -0.39 is 12.0 Å². The van der Waals surface area contributed by atoms with Crippen LogP contribution >= 0.6 is 11.8 Å². The van der Waals surface area contributed by atoms with Crippen LogP contribution in [0.3, 0.4) is 0 Å². The van der Waals surface area contributed by atoms with E-state index >= 15 is 0 Å². The molecular weight excluding hydrogens is 288 g/mol. The summed E-state index contributed by atoms with van der Waals surface area (Å²) >= 11 is 1.63. The Morgan fingerprint density at radius 2 is 1.90 bits per heavy atom. The zero-order chi connectivity index (χ0) is 15.1. The number of nitrogens with zero attached hydrogens (tertiary/aromatic N) is 1. The molecule has 3 aliphatic rings. The number of thioether (sulfide) groups is 1. The molecule has 2 amide bonds. The Kier molecular flexibility index (Phi) is 4.08. The number of nitrogens with one attached hydrogen (secondary N) is 1. The second kappa shape index (κ2) is 5.71. The van der Waals surface area contributed by atoms with Crippen LogP contribution in [0, 0.1) is 17.8 Å². The average molecular weight is 312 g/mol. The molecule has 2 N–H and O–H groups in total. The number of carboxylic acids is 1. The molecule has 2 saturated carbocycles. The van der Waals surface area contributed by atoms with E-state index in [0.717, 1.165) is 25.7 Å². The maximum atomic E-state index is 12.6. The third-order valence-corrected chi connectivity index (χ3v) is 6.82. The molecule has 118 valence electrons. The maximum absolute atomic E-state index is 12.6. The normalized spacial score (nSPS) is 39.5. The van der Waals surface area contributed by atoms with Gasteiger partial charge in [0.15, 0.2) is 0 Å². The Morgan fingerprint density at radius 1 is 1.19 bits per heavy atom. The van der Waals surface area contributed by atoms with Crippen LogP contribution in [0.4, 0.5) is 4.79 Å². The van der Waals surface area contributed by atoms with Gasteiger partial charge in [0.2, 0.25) is 0 Å². The molecule has 21 heavy (non-hydrogen) atoms. The van der Waals surface area contributed by atoms with Crippen LogP contribution in [0.25, 0.3) is 0 Å². The maximum Gasteiger partial charge on any atom is 0.327 e. The molecule has 0 spiro atoms. The fourth-order valence-corrected chi connectivity index (χ4v) is 5.15. The van der Waals surface area contributed by atoms with Gasteiger partial charge in [0.05, 0.1) is 5.37 Å². The molecule has 6 heteroatoms. The van der Waals surface area contributed by atoms with E-state index in [0.29, 0.717) is 23.5 Å². The Balaban J connectivity index is 1.69. The van der Waals surface area contributed by atoms with Gasteiger partial charge in [-0.2, -0.15) is 0 Å². The van der Waals surface area contributed by atoms with Crippen molar-refractivity contribution >= 4 is 23.8 Å². The number of carbonyl (C=O) groups is 2. The Bertz CT molecular complexity index is 441. The van der Waals surface area contributed by atoms with E-state index in [1.807, 2.05) is 0 Å². The number of carboxylic acid groups (broad SMARTS) is 1. The van der Waals surface area contributed by atoms with Gasteiger partial charge in [-0.15, -0.1) is 11.8 Å². The first-order chi connectivity index (χ1) is 9.99. The molecular formula is C15H24N2O3S. The van der Waals surface area contributed by atoms with Crippen molar-refractivity contribution in [2.45, 2.75) is 57.0 Å². The molecule has 0 aromatic heterocycles. The van der Waals surface area contributed by atoms with E-state index in [4.69, 9.17) is 0 Å². The van der Waals surface area contributed by atoms with E-state index in [1.54, 1.807) is 16.7 Å². The van der Waals surface area contributed by atoms with Crippen molar-refractivity contribution in [1.29, 1.82) is 0 Å². The number of hydrogen-bond acceptors (Lipinski definition) is 3. The van der Waals surface area contributed by atoms with Gasteiger partial charge in [-0.25, -0.2) is 9.59 Å². The molecule has 3 fully saturated rings. The van der Waals surface area contributed by atoms with Crippen LogP contribution in [0.5, 0.6) is 0 Å². The van der Waals surface area contributed by atoms with Crippen LogP contribution in [0.1, 0.15) is 39.5 Å². The fourth-order valence-electron chi connectivity index (χ4n) is 3.52. The number of amides is 2. The largest absolute Gasteiger partial charge is 0.480 e. The highest BCUT2D eigenvalue weighted by Crippen LogP contribution is 2.45. The van der Waals surface area contributed by atoms with Crippen molar-refractivity contribution in [2.24, 2.45) is 17.8 Å². The predicted molar refractivity (Wildman–Crippen MR) is 82.1 cm³/mol. The van der Waals surface area contributed by atoms with Gasteiger partial charge in [-0.05, 0) is 43.4 Å². The third-order valence-electron chi connectivity index (χ3n) is 5.35. The van der Waals surface area contributed by atoms with Crippen molar-refractivity contribution in [3.05, 3.63) is 0 Å². The monoisotopic (exact) mass is 312 g/mol. The zero-order valence-electron chi connectivity index (χ0n) is 12.6. The standard InChI is InChI=1S/C15H24N2O3S/c1-8-3-6-11(9(8)2)16-15(20)17-12(14(18)19)7-21-13(17)10-4-5-10/h8-13H,3-7H2,1-2H3,(H,16,20)(H,18,19). The molecule has 2 aliphatic carbocycles. The molecule has 0 radical (unpaired) electrons. The van der Waals surface area contributed by atoms with Crippen molar-refractivity contribution in [2.75, 3.05) is 5.75 Å². The number of carbonyl (C=O) groups excluding carboxylic acids is 1. The fraction of sp³-hybridized carbons (Fsp3) is 0.867. The van der Waals surface area contributed by atoms with Crippen molar-refractivity contribution in [3.8, 4) is 0 Å². The number of urea groups is 1. The molecule has 0 aromatic rings. The summed E-state index contributed by atoms with van der Waals surface area (Å²) in [5, 5.41) is 12.5. The van der Waals surface area contributed by atoms with Gasteiger partial charge in [-0.1, -0.05) is 13.8 Å². The molecule has 1 heterocycles. The summed E-state index contributed by atoms with van der Waals surface area (Å²) < 4.78 is 0. The first-order valence-electron chi connectivity index (χ1n) is 7.92. The minimum Gasteiger partial charge on any atom is -0.480 e. The van der Waals surface area contributed by atoms with Crippen LogP contribution in [0.2, 0.25) is 0 Å². The van der Waals surface area contributed by atoms with E-state index in [9.17, 15) is 14.7 Å². The molecule has 1 aliphatic heterocycles. The lowest BCUT2D eigenvalue weighted by Crippen LogP contribution is -2.53. The highest BCUT2D eigenvalue weighted by atomic mass is 32.2. The zero-order valence-corrected chi connectivity index (χ0v) is 13.4. The van der Waals surface area contributed by atoms with Crippen LogP contribution in [0.15, 0.2) is 0 Å². The number of aliphatic carboxylic acids is 1. The summed E-state index contributed by atoms with van der Waals surface area (Å²) in [4.78, 5) is 25.7. The highest BCUT2D eigenvalue weighted by molar-refractivity contribution is 8.00. The van der Waals surface area contributed by atoms with Gasteiger partial charge in [0, 0.05) is 11.8 Å². The third kappa shape index (κ3) is 2.87. The quantitative estimate of drug-likeness (QED) is 0.839. The SMILES string of the molecule is CC1CCC(NC(=O)N2C(C(=O)O)CSC2C2CC2)C1C. The molecule has 5 unspecified atom stereocenters. The molecule has 0 bridgehead atoms. The van der Waals surface area contributed by atoms with Crippen LogP contribution in [-0.2, 0) is 4.79 Å². The molecule has 3 rings (SSSR count). The lowest BCUT2D eigenvalue weighted by atomic mass is 9.98. The van der Waals surface area contributed by atoms with Gasteiger partial charge in [0.25, 0.3) is 0 Å². The summed E-state index contributed by atoms with van der Waals surface area (Å²) in [7, 11) is 0. The van der Waals surface area contributed by atoms with Crippen LogP contribution in [-0.4, -0.2) is 45.2 Å². The van der Waals surface area contributed by atoms with Crippen molar-refractivity contribution in [3.63, 3.8) is 0 Å². The second-order valence-corrected chi connectivity index (χ2v) is 7.94. The summed E-state index contributed by atoms with van der Waals surface area (Å²) in [5.74, 6) is 1.21. The first-order valence-corrected chi connectivity index (χ1v) is 8.97. The molecule has 5 atom stereocenters. The lowest BCUT2D eigenvalue weighted by Gasteiger charge is -2.30. The molecule has 0 aromatic carbocycles. The number of rotatable bonds is 3. The minimum absolute atomic E-state index is 0.0558.